The largest absolute Gasteiger partial charge is 0.468 e. The number of alkyl halides is 1. The molecule has 0 aromatic rings. The summed E-state index contributed by atoms with van der Waals surface area (Å²) in [6.07, 6.45) is 0.598. The first-order valence-corrected chi connectivity index (χ1v) is 7.54. The van der Waals surface area contributed by atoms with E-state index in [-0.39, 0.29) is 12.3 Å². The highest BCUT2D eigenvalue weighted by molar-refractivity contribution is 9.10. The number of hydrogen-bond acceptors (Lipinski definition) is 4. The zero-order valence-electron chi connectivity index (χ0n) is 9.70. The first-order chi connectivity index (χ1) is 7.28. The second-order valence-corrected chi connectivity index (χ2v) is 6.87. The molecule has 0 radical (unpaired) electrons. The number of methoxy groups -OCH3 is 1. The van der Waals surface area contributed by atoms with Gasteiger partial charge < -0.3 is 4.74 Å². The van der Waals surface area contributed by atoms with Gasteiger partial charge in [-0.2, -0.15) is 0 Å². The van der Waals surface area contributed by atoms with Crippen LogP contribution in [0.4, 0.5) is 0 Å². The Morgan fingerprint density at radius 1 is 1.44 bits per heavy atom. The fourth-order valence-corrected chi connectivity index (χ4v) is 2.78. The number of sulfonamides is 1. The van der Waals surface area contributed by atoms with Crippen LogP contribution in [0.25, 0.3) is 0 Å². The summed E-state index contributed by atoms with van der Waals surface area (Å²) in [6, 6.07) is 0. The molecule has 7 heteroatoms. The molecular formula is C9H18BrNO4S. The summed E-state index contributed by atoms with van der Waals surface area (Å²) in [4.78, 5) is 10.3. The molecular weight excluding hydrogens is 298 g/mol. The van der Waals surface area contributed by atoms with Gasteiger partial charge in [0.05, 0.1) is 12.9 Å². The summed E-state index contributed by atoms with van der Waals surface area (Å²) < 4.78 is 29.7. The molecule has 1 unspecified atom stereocenters. The standard InChI is InChI=1S/C9H18BrNO4S/c1-7(2)4-5-16(13,14)11-6-8(10)9(12)15-3/h7-8,11H,4-6H2,1-3H3. The lowest BCUT2D eigenvalue weighted by molar-refractivity contribution is -0.139. The lowest BCUT2D eigenvalue weighted by Gasteiger charge is -2.10. The topological polar surface area (TPSA) is 72.5 Å². The van der Waals surface area contributed by atoms with E-state index in [0.29, 0.717) is 12.3 Å². The molecule has 16 heavy (non-hydrogen) atoms. The van der Waals surface area contributed by atoms with Crippen LogP contribution in [-0.4, -0.2) is 38.6 Å². The number of ether oxygens (including phenoxy) is 1. The maximum absolute atomic E-state index is 11.5. The highest BCUT2D eigenvalue weighted by Gasteiger charge is 2.18. The molecule has 0 saturated carbocycles. The van der Waals surface area contributed by atoms with Crippen LogP contribution in [0.2, 0.25) is 0 Å². The van der Waals surface area contributed by atoms with E-state index in [1.165, 1.54) is 7.11 Å². The molecule has 0 aromatic heterocycles. The first-order valence-electron chi connectivity index (χ1n) is 4.97. The lowest BCUT2D eigenvalue weighted by Crippen LogP contribution is -2.35. The van der Waals surface area contributed by atoms with Crippen molar-refractivity contribution >= 4 is 31.9 Å². The van der Waals surface area contributed by atoms with Gasteiger partial charge in [-0.1, -0.05) is 29.8 Å². The van der Waals surface area contributed by atoms with Gasteiger partial charge in [0.15, 0.2) is 0 Å². The summed E-state index contributed by atoms with van der Waals surface area (Å²) in [5.74, 6) is -0.0885. The van der Waals surface area contributed by atoms with E-state index in [0.717, 1.165) is 0 Å². The fraction of sp³-hybridized carbons (Fsp3) is 0.889. The van der Waals surface area contributed by atoms with Crippen LogP contribution in [0, 0.1) is 5.92 Å². The zero-order valence-corrected chi connectivity index (χ0v) is 12.1. The van der Waals surface area contributed by atoms with Gasteiger partial charge in [0.25, 0.3) is 0 Å². The summed E-state index contributed by atoms with van der Waals surface area (Å²) in [5, 5.41) is 0. The van der Waals surface area contributed by atoms with E-state index in [1.54, 1.807) is 0 Å². The molecule has 1 N–H and O–H groups in total. The van der Waals surface area contributed by atoms with Crippen LogP contribution in [0.1, 0.15) is 20.3 Å². The van der Waals surface area contributed by atoms with Crippen molar-refractivity contribution in [1.82, 2.24) is 4.72 Å². The molecule has 0 bridgehead atoms. The summed E-state index contributed by atoms with van der Waals surface area (Å²) in [5.41, 5.74) is 0. The molecule has 0 aliphatic rings. The molecule has 96 valence electrons. The Morgan fingerprint density at radius 2 is 2.00 bits per heavy atom. The number of carbonyl (C=O) groups is 1. The van der Waals surface area contributed by atoms with Crippen LogP contribution >= 0.6 is 15.9 Å². The van der Waals surface area contributed by atoms with Crippen LogP contribution in [-0.2, 0) is 19.6 Å². The zero-order chi connectivity index (χ0) is 12.8. The molecule has 0 aliphatic heterocycles. The van der Waals surface area contributed by atoms with Gasteiger partial charge in [-0.3, -0.25) is 4.79 Å². The van der Waals surface area contributed by atoms with Crippen molar-refractivity contribution in [2.45, 2.75) is 25.1 Å². The van der Waals surface area contributed by atoms with Crippen molar-refractivity contribution in [3.05, 3.63) is 0 Å². The maximum atomic E-state index is 11.5. The van der Waals surface area contributed by atoms with Crippen molar-refractivity contribution in [3.8, 4) is 0 Å². The minimum Gasteiger partial charge on any atom is -0.468 e. The number of esters is 1. The molecule has 0 aliphatic carbocycles. The van der Waals surface area contributed by atoms with Crippen LogP contribution in [0.15, 0.2) is 0 Å². The summed E-state index contributed by atoms with van der Waals surface area (Å²) in [7, 11) is -2.05. The monoisotopic (exact) mass is 315 g/mol. The molecule has 0 saturated heterocycles. The van der Waals surface area contributed by atoms with E-state index < -0.39 is 20.8 Å². The van der Waals surface area contributed by atoms with Crippen molar-refractivity contribution < 1.29 is 17.9 Å². The predicted molar refractivity (Wildman–Crippen MR) is 66.0 cm³/mol. The van der Waals surface area contributed by atoms with Gasteiger partial charge in [0.1, 0.15) is 4.83 Å². The average molecular weight is 316 g/mol. The van der Waals surface area contributed by atoms with Crippen LogP contribution in [0.5, 0.6) is 0 Å². The number of halogens is 1. The third-order valence-corrected chi connectivity index (χ3v) is 3.98. The number of hydrogen-bond donors (Lipinski definition) is 1. The predicted octanol–water partition coefficient (Wildman–Crippen LogP) is 0.888. The SMILES string of the molecule is COC(=O)C(Br)CNS(=O)(=O)CCC(C)C. The van der Waals surface area contributed by atoms with E-state index in [2.05, 4.69) is 25.4 Å². The molecule has 1 atom stereocenters. The minimum absolute atomic E-state index is 0.00705. The normalized spacial score (nSPS) is 13.8. The quantitative estimate of drug-likeness (QED) is 0.559. The van der Waals surface area contributed by atoms with Crippen molar-refractivity contribution in [2.75, 3.05) is 19.4 Å². The second kappa shape index (κ2) is 7.24. The third-order valence-electron chi connectivity index (χ3n) is 1.90. The molecule has 0 amide bonds. The van der Waals surface area contributed by atoms with Gasteiger partial charge in [-0.15, -0.1) is 0 Å². The third kappa shape index (κ3) is 7.19. The van der Waals surface area contributed by atoms with Crippen LogP contribution < -0.4 is 4.72 Å². The highest BCUT2D eigenvalue weighted by Crippen LogP contribution is 2.04. The van der Waals surface area contributed by atoms with E-state index in [9.17, 15) is 13.2 Å². The Hall–Kier alpha value is -0.140. The number of rotatable bonds is 7. The maximum Gasteiger partial charge on any atom is 0.320 e. The number of carbonyl (C=O) groups excluding carboxylic acids is 1. The molecule has 0 rings (SSSR count). The highest BCUT2D eigenvalue weighted by atomic mass is 79.9. The van der Waals surface area contributed by atoms with Gasteiger partial charge in [-0.05, 0) is 12.3 Å². The molecule has 0 heterocycles. The minimum atomic E-state index is -3.30. The molecule has 0 fully saturated rings. The summed E-state index contributed by atoms with van der Waals surface area (Å²) in [6.45, 7) is 3.92. The Kier molecular flexibility index (Phi) is 7.17. The first kappa shape index (κ1) is 15.9. The van der Waals surface area contributed by atoms with Crippen molar-refractivity contribution in [1.29, 1.82) is 0 Å². The number of nitrogens with one attached hydrogen (secondary N) is 1. The van der Waals surface area contributed by atoms with Gasteiger partial charge in [-0.25, -0.2) is 13.1 Å². The Morgan fingerprint density at radius 3 is 2.44 bits per heavy atom. The van der Waals surface area contributed by atoms with Crippen molar-refractivity contribution in [2.24, 2.45) is 5.92 Å². The van der Waals surface area contributed by atoms with Crippen molar-refractivity contribution in [3.63, 3.8) is 0 Å². The smallest absolute Gasteiger partial charge is 0.320 e. The Balaban J connectivity index is 4.04. The molecule has 0 aromatic carbocycles. The van der Waals surface area contributed by atoms with Gasteiger partial charge >= 0.3 is 5.97 Å². The van der Waals surface area contributed by atoms with Crippen LogP contribution in [0.3, 0.4) is 0 Å². The fourth-order valence-electron chi connectivity index (χ4n) is 0.874. The van der Waals surface area contributed by atoms with E-state index >= 15 is 0 Å². The Bertz CT molecular complexity index is 315. The van der Waals surface area contributed by atoms with Gasteiger partial charge in [0.2, 0.25) is 10.0 Å². The molecule has 0 spiro atoms. The van der Waals surface area contributed by atoms with Gasteiger partial charge in [0, 0.05) is 6.54 Å². The molecule has 5 nitrogen and oxygen atoms in total. The summed E-state index contributed by atoms with van der Waals surface area (Å²) >= 11 is 3.03. The average Bonchev–Trinajstić information content (AvgIpc) is 2.22. The van der Waals surface area contributed by atoms with E-state index in [1.807, 2.05) is 13.8 Å². The second-order valence-electron chi connectivity index (χ2n) is 3.84. The lowest BCUT2D eigenvalue weighted by atomic mass is 10.2. The Labute approximate surface area is 105 Å². The van der Waals surface area contributed by atoms with E-state index in [4.69, 9.17) is 0 Å².